The lowest BCUT2D eigenvalue weighted by molar-refractivity contribution is 0.323. The summed E-state index contributed by atoms with van der Waals surface area (Å²) in [6.07, 6.45) is 6.56. The maximum Gasteiger partial charge on any atom is 0.0995 e. The van der Waals surface area contributed by atoms with Gasteiger partial charge in [-0.15, -0.1) is 0 Å². The van der Waals surface area contributed by atoms with E-state index in [0.29, 0.717) is 5.92 Å². The SMILES string of the molecule is CC(C)(CN)CC1CC1c1cn(-c2ccccc2)cn1. The molecule has 106 valence electrons. The van der Waals surface area contributed by atoms with Crippen LogP contribution in [0, 0.1) is 11.3 Å². The lowest BCUT2D eigenvalue weighted by Crippen LogP contribution is -2.24. The molecule has 0 saturated heterocycles. The molecule has 0 radical (unpaired) electrons. The van der Waals surface area contributed by atoms with Crippen molar-refractivity contribution in [3.05, 3.63) is 48.5 Å². The lowest BCUT2D eigenvalue weighted by atomic mass is 9.86. The first kappa shape index (κ1) is 13.4. The molecule has 2 unspecified atom stereocenters. The molecule has 0 aliphatic heterocycles. The summed E-state index contributed by atoms with van der Waals surface area (Å²) in [5, 5.41) is 0. The van der Waals surface area contributed by atoms with Crippen LogP contribution in [0.15, 0.2) is 42.9 Å². The first-order valence-corrected chi connectivity index (χ1v) is 7.38. The molecule has 1 aliphatic carbocycles. The average Bonchev–Trinajstić information content (AvgIpc) is 3.03. The van der Waals surface area contributed by atoms with Crippen LogP contribution in [-0.4, -0.2) is 16.1 Å². The van der Waals surface area contributed by atoms with Crippen LogP contribution in [0.4, 0.5) is 0 Å². The van der Waals surface area contributed by atoms with E-state index in [9.17, 15) is 0 Å². The van der Waals surface area contributed by atoms with Gasteiger partial charge in [0, 0.05) is 17.8 Å². The summed E-state index contributed by atoms with van der Waals surface area (Å²) in [6, 6.07) is 10.4. The Morgan fingerprint density at radius 3 is 2.75 bits per heavy atom. The van der Waals surface area contributed by atoms with Crippen LogP contribution < -0.4 is 5.73 Å². The maximum atomic E-state index is 5.83. The molecular formula is C17H23N3. The predicted molar refractivity (Wildman–Crippen MR) is 81.9 cm³/mol. The first-order valence-electron chi connectivity index (χ1n) is 7.38. The highest BCUT2D eigenvalue weighted by molar-refractivity contribution is 5.32. The Labute approximate surface area is 120 Å². The van der Waals surface area contributed by atoms with Crippen LogP contribution in [0.1, 0.15) is 38.3 Å². The molecule has 1 heterocycles. The van der Waals surface area contributed by atoms with Crippen LogP contribution in [0.2, 0.25) is 0 Å². The van der Waals surface area contributed by atoms with E-state index in [1.165, 1.54) is 24.2 Å². The number of imidazole rings is 1. The molecule has 3 heteroatoms. The highest BCUT2D eigenvalue weighted by atomic mass is 15.0. The Morgan fingerprint density at radius 2 is 2.05 bits per heavy atom. The van der Waals surface area contributed by atoms with Crippen molar-refractivity contribution in [2.45, 2.75) is 32.6 Å². The van der Waals surface area contributed by atoms with E-state index >= 15 is 0 Å². The smallest absolute Gasteiger partial charge is 0.0995 e. The third kappa shape index (κ3) is 2.78. The van der Waals surface area contributed by atoms with Gasteiger partial charge in [0.15, 0.2) is 0 Å². The van der Waals surface area contributed by atoms with Gasteiger partial charge in [-0.2, -0.15) is 0 Å². The van der Waals surface area contributed by atoms with Gasteiger partial charge in [0.05, 0.1) is 12.0 Å². The minimum atomic E-state index is 0.251. The summed E-state index contributed by atoms with van der Waals surface area (Å²) in [5.74, 6) is 1.39. The zero-order chi connectivity index (χ0) is 14.2. The largest absolute Gasteiger partial charge is 0.330 e. The summed E-state index contributed by atoms with van der Waals surface area (Å²) in [7, 11) is 0. The molecule has 1 aromatic carbocycles. The van der Waals surface area contributed by atoms with E-state index in [0.717, 1.165) is 12.5 Å². The van der Waals surface area contributed by atoms with Gasteiger partial charge in [-0.25, -0.2) is 4.98 Å². The van der Waals surface area contributed by atoms with Crippen molar-refractivity contribution in [3.8, 4) is 5.69 Å². The normalized spacial score (nSPS) is 21.9. The summed E-state index contributed by atoms with van der Waals surface area (Å²) < 4.78 is 2.11. The van der Waals surface area contributed by atoms with Crippen molar-refractivity contribution >= 4 is 0 Å². The molecule has 2 atom stereocenters. The zero-order valence-corrected chi connectivity index (χ0v) is 12.3. The second kappa shape index (κ2) is 5.06. The molecule has 1 fully saturated rings. The lowest BCUT2D eigenvalue weighted by Gasteiger charge is -2.21. The van der Waals surface area contributed by atoms with E-state index in [1.807, 2.05) is 12.4 Å². The van der Waals surface area contributed by atoms with Gasteiger partial charge in [-0.05, 0) is 42.9 Å². The topological polar surface area (TPSA) is 43.8 Å². The quantitative estimate of drug-likeness (QED) is 0.904. The van der Waals surface area contributed by atoms with Crippen LogP contribution in [-0.2, 0) is 0 Å². The summed E-state index contributed by atoms with van der Waals surface area (Å²) >= 11 is 0. The van der Waals surface area contributed by atoms with Crippen molar-refractivity contribution in [1.82, 2.24) is 9.55 Å². The van der Waals surface area contributed by atoms with Crippen molar-refractivity contribution in [2.75, 3.05) is 6.54 Å². The Bertz CT molecular complexity index is 571. The van der Waals surface area contributed by atoms with Crippen molar-refractivity contribution in [3.63, 3.8) is 0 Å². The number of para-hydroxylation sites is 1. The predicted octanol–water partition coefficient (Wildman–Crippen LogP) is 3.35. The molecule has 2 aromatic rings. The fourth-order valence-corrected chi connectivity index (χ4v) is 2.90. The van der Waals surface area contributed by atoms with Crippen LogP contribution >= 0.6 is 0 Å². The second-order valence-corrected chi connectivity index (χ2v) is 6.72. The van der Waals surface area contributed by atoms with E-state index in [1.54, 1.807) is 0 Å². The van der Waals surface area contributed by atoms with Gasteiger partial charge < -0.3 is 10.3 Å². The molecule has 20 heavy (non-hydrogen) atoms. The Hall–Kier alpha value is -1.61. The van der Waals surface area contributed by atoms with E-state index in [-0.39, 0.29) is 5.41 Å². The number of rotatable bonds is 5. The molecule has 0 bridgehead atoms. The molecule has 0 spiro atoms. The fourth-order valence-electron chi connectivity index (χ4n) is 2.90. The van der Waals surface area contributed by atoms with E-state index in [2.05, 4.69) is 53.9 Å². The molecule has 1 saturated carbocycles. The standard InChI is InChI=1S/C17H23N3/c1-17(2,11-18)9-13-8-15(13)16-10-20(12-19-16)14-6-4-3-5-7-14/h3-7,10,12-13,15H,8-9,11,18H2,1-2H3. The molecule has 2 N–H and O–H groups in total. The first-order chi connectivity index (χ1) is 9.59. The molecule has 1 aromatic heterocycles. The molecule has 3 rings (SSSR count). The summed E-state index contributed by atoms with van der Waals surface area (Å²) in [6.45, 7) is 5.27. The monoisotopic (exact) mass is 269 g/mol. The number of aromatic nitrogens is 2. The van der Waals surface area contributed by atoms with Crippen molar-refractivity contribution in [1.29, 1.82) is 0 Å². The van der Waals surface area contributed by atoms with Gasteiger partial charge in [0.1, 0.15) is 0 Å². The van der Waals surface area contributed by atoms with E-state index < -0.39 is 0 Å². The van der Waals surface area contributed by atoms with Gasteiger partial charge in [-0.1, -0.05) is 32.0 Å². The zero-order valence-electron chi connectivity index (χ0n) is 12.3. The molecule has 1 aliphatic rings. The van der Waals surface area contributed by atoms with Gasteiger partial charge in [-0.3, -0.25) is 0 Å². The number of hydrogen-bond donors (Lipinski definition) is 1. The van der Waals surface area contributed by atoms with Gasteiger partial charge in [0.2, 0.25) is 0 Å². The summed E-state index contributed by atoms with van der Waals surface area (Å²) in [4.78, 5) is 4.59. The minimum absolute atomic E-state index is 0.251. The Morgan fingerprint density at radius 1 is 1.30 bits per heavy atom. The molecular weight excluding hydrogens is 246 g/mol. The third-order valence-electron chi connectivity index (χ3n) is 4.33. The number of nitrogens with two attached hydrogens (primary N) is 1. The Kier molecular flexibility index (Phi) is 3.38. The molecule has 3 nitrogen and oxygen atoms in total. The van der Waals surface area contributed by atoms with Crippen LogP contribution in [0.3, 0.4) is 0 Å². The van der Waals surface area contributed by atoms with Crippen molar-refractivity contribution in [2.24, 2.45) is 17.1 Å². The van der Waals surface area contributed by atoms with Gasteiger partial charge >= 0.3 is 0 Å². The number of benzene rings is 1. The van der Waals surface area contributed by atoms with Crippen LogP contribution in [0.25, 0.3) is 5.69 Å². The minimum Gasteiger partial charge on any atom is -0.330 e. The second-order valence-electron chi connectivity index (χ2n) is 6.72. The van der Waals surface area contributed by atoms with E-state index in [4.69, 9.17) is 5.73 Å². The van der Waals surface area contributed by atoms with Gasteiger partial charge in [0.25, 0.3) is 0 Å². The number of nitrogens with zero attached hydrogens (tertiary/aromatic N) is 2. The average molecular weight is 269 g/mol. The maximum absolute atomic E-state index is 5.83. The fraction of sp³-hybridized carbons (Fsp3) is 0.471. The van der Waals surface area contributed by atoms with Crippen LogP contribution in [0.5, 0.6) is 0 Å². The highest BCUT2D eigenvalue weighted by Gasteiger charge is 2.42. The Balaban J connectivity index is 1.68. The molecule has 0 amide bonds. The third-order valence-corrected chi connectivity index (χ3v) is 4.33. The van der Waals surface area contributed by atoms with Crippen molar-refractivity contribution < 1.29 is 0 Å². The summed E-state index contributed by atoms with van der Waals surface area (Å²) in [5.41, 5.74) is 8.48. The number of hydrogen-bond acceptors (Lipinski definition) is 2. The highest BCUT2D eigenvalue weighted by Crippen LogP contribution is 2.52.